The van der Waals surface area contributed by atoms with Gasteiger partial charge in [0, 0.05) is 37.1 Å². The highest BCUT2D eigenvalue weighted by Crippen LogP contribution is 2.42. The van der Waals surface area contributed by atoms with Crippen molar-refractivity contribution in [3.63, 3.8) is 0 Å². The lowest BCUT2D eigenvalue weighted by molar-refractivity contribution is -0.0328. The second-order valence-corrected chi connectivity index (χ2v) is 10.8. The van der Waals surface area contributed by atoms with Crippen molar-refractivity contribution >= 4 is 28.5 Å². The van der Waals surface area contributed by atoms with E-state index in [9.17, 15) is 23.2 Å². The van der Waals surface area contributed by atoms with Gasteiger partial charge in [-0.15, -0.1) is 0 Å². The number of rotatable bonds is 5. The van der Waals surface area contributed by atoms with Gasteiger partial charge < -0.3 is 14.2 Å². The van der Waals surface area contributed by atoms with E-state index in [4.69, 9.17) is 4.74 Å². The van der Waals surface area contributed by atoms with Crippen molar-refractivity contribution in [3.8, 4) is 11.8 Å². The lowest BCUT2D eigenvalue weighted by Crippen LogP contribution is -2.62. The highest BCUT2D eigenvalue weighted by atomic mass is 32.2. The monoisotopic (exact) mass is 543 g/mol. The zero-order valence-electron chi connectivity index (χ0n) is 21.3. The minimum atomic E-state index is -4.32. The van der Waals surface area contributed by atoms with Gasteiger partial charge in [-0.3, -0.25) is 9.69 Å². The molecule has 5 rings (SSSR count). The fourth-order valence-electron chi connectivity index (χ4n) is 5.69. The number of hydrogen-bond donors (Lipinski definition) is 0. The molecule has 0 saturated carbocycles. The normalized spacial score (nSPS) is 20.4. The molecule has 0 unspecified atom stereocenters. The van der Waals surface area contributed by atoms with Crippen molar-refractivity contribution in [2.24, 2.45) is 7.05 Å². The SMILES string of the molecule is CC[C@@H]1CN2c3c(c(=O)n(C)c4ccc(C#N)nc34)OC[C@@H]2CN1[C@@H](CC)c1ccc(SC(F)(F)F)cc1. The number of alkyl halides is 3. The summed E-state index contributed by atoms with van der Waals surface area (Å²) in [6.07, 6.45) is 1.64. The molecule has 3 atom stereocenters. The molecule has 200 valence electrons. The summed E-state index contributed by atoms with van der Waals surface area (Å²) in [4.78, 5) is 22.5. The Balaban J connectivity index is 1.50. The molecule has 1 aromatic carbocycles. The Labute approximate surface area is 222 Å². The zero-order chi connectivity index (χ0) is 27.2. The number of pyridine rings is 2. The van der Waals surface area contributed by atoms with E-state index >= 15 is 0 Å². The van der Waals surface area contributed by atoms with E-state index < -0.39 is 5.51 Å². The number of fused-ring (bicyclic) bond motifs is 5. The van der Waals surface area contributed by atoms with Crippen LogP contribution in [0.4, 0.5) is 18.9 Å². The Morgan fingerprint density at radius 3 is 2.55 bits per heavy atom. The van der Waals surface area contributed by atoms with Gasteiger partial charge in [0.15, 0.2) is 0 Å². The van der Waals surface area contributed by atoms with Crippen LogP contribution in [0.5, 0.6) is 5.75 Å². The van der Waals surface area contributed by atoms with Crippen molar-refractivity contribution in [2.75, 3.05) is 24.6 Å². The molecule has 0 radical (unpaired) electrons. The first-order chi connectivity index (χ1) is 18.1. The van der Waals surface area contributed by atoms with Crippen LogP contribution >= 0.6 is 11.8 Å². The zero-order valence-corrected chi connectivity index (χ0v) is 22.1. The van der Waals surface area contributed by atoms with Gasteiger partial charge in [0.2, 0.25) is 5.75 Å². The highest BCUT2D eigenvalue weighted by Gasteiger charge is 2.42. The summed E-state index contributed by atoms with van der Waals surface area (Å²) in [5.74, 6) is 0.256. The fraction of sp³-hybridized carbons (Fsp3) is 0.444. The molecule has 0 bridgehead atoms. The van der Waals surface area contributed by atoms with Crippen molar-refractivity contribution < 1.29 is 17.9 Å². The molecule has 0 aliphatic carbocycles. The van der Waals surface area contributed by atoms with Crippen LogP contribution in [-0.4, -0.2) is 51.7 Å². The van der Waals surface area contributed by atoms with E-state index in [1.54, 1.807) is 31.3 Å². The molecular weight excluding hydrogens is 515 g/mol. The first-order valence-corrected chi connectivity index (χ1v) is 13.4. The predicted octanol–water partition coefficient (Wildman–Crippen LogP) is 5.23. The summed E-state index contributed by atoms with van der Waals surface area (Å²) in [6, 6.07) is 12.2. The van der Waals surface area contributed by atoms with Crippen molar-refractivity contribution in [3.05, 3.63) is 58.0 Å². The standard InChI is InChI=1S/C27H28F3N5O2S/c1-4-18-13-35-19(14-34(18)21(5-2)16-6-9-20(10-7-16)38-27(28,29)30)15-37-25-24(35)23-22(33(3)26(25)36)11-8-17(12-31)32-23/h6-11,18-19,21H,4-5,13-15H2,1-3H3/t18-,19+,21+/m1/s1. The molecule has 0 amide bonds. The lowest BCUT2D eigenvalue weighted by atomic mass is 9.95. The van der Waals surface area contributed by atoms with Crippen molar-refractivity contribution in [1.29, 1.82) is 5.26 Å². The van der Waals surface area contributed by atoms with Crippen LogP contribution in [0.3, 0.4) is 0 Å². The minimum absolute atomic E-state index is 0.0251. The minimum Gasteiger partial charge on any atom is -0.484 e. The number of halogens is 3. The maximum atomic E-state index is 13.2. The third-order valence-electron chi connectivity index (χ3n) is 7.49. The molecule has 7 nitrogen and oxygen atoms in total. The Hall–Kier alpha value is -3.23. The molecule has 1 saturated heterocycles. The number of aryl methyl sites for hydroxylation is 1. The van der Waals surface area contributed by atoms with Crippen LogP contribution in [0.15, 0.2) is 46.1 Å². The molecule has 0 N–H and O–H groups in total. The number of benzene rings is 1. The maximum absolute atomic E-state index is 13.2. The lowest BCUT2D eigenvalue weighted by Gasteiger charge is -2.51. The second-order valence-electron chi connectivity index (χ2n) is 9.63. The number of ether oxygens (including phenoxy) is 1. The molecule has 2 aliphatic rings. The average molecular weight is 544 g/mol. The van der Waals surface area contributed by atoms with Crippen LogP contribution < -0.4 is 15.2 Å². The molecule has 3 aromatic rings. The topological polar surface area (TPSA) is 74.4 Å². The van der Waals surface area contributed by atoms with E-state index in [2.05, 4.69) is 34.7 Å². The molecular formula is C27H28F3N5O2S. The Morgan fingerprint density at radius 2 is 1.92 bits per heavy atom. The smallest absolute Gasteiger partial charge is 0.446 e. The van der Waals surface area contributed by atoms with Gasteiger partial charge in [-0.1, -0.05) is 26.0 Å². The molecule has 0 spiro atoms. The molecule has 11 heteroatoms. The Morgan fingerprint density at radius 1 is 1.18 bits per heavy atom. The summed E-state index contributed by atoms with van der Waals surface area (Å²) in [6.45, 7) is 5.82. The first-order valence-electron chi connectivity index (χ1n) is 12.6. The van der Waals surface area contributed by atoms with E-state index in [1.807, 2.05) is 0 Å². The van der Waals surface area contributed by atoms with E-state index in [-0.39, 0.29) is 51.8 Å². The fourth-order valence-corrected chi connectivity index (χ4v) is 6.23. The van der Waals surface area contributed by atoms with Crippen LogP contribution in [0, 0.1) is 11.3 Å². The maximum Gasteiger partial charge on any atom is 0.446 e. The number of hydrogen-bond acceptors (Lipinski definition) is 7. The summed E-state index contributed by atoms with van der Waals surface area (Å²) in [7, 11) is 1.67. The molecule has 2 aliphatic heterocycles. The van der Waals surface area contributed by atoms with Crippen molar-refractivity contribution in [2.45, 2.75) is 55.2 Å². The van der Waals surface area contributed by atoms with E-state index in [0.29, 0.717) is 36.4 Å². The van der Waals surface area contributed by atoms with E-state index in [0.717, 1.165) is 18.4 Å². The Kier molecular flexibility index (Phi) is 7.05. The summed E-state index contributed by atoms with van der Waals surface area (Å²) < 4.78 is 46.0. The Bertz CT molecular complexity index is 1450. The van der Waals surface area contributed by atoms with Gasteiger partial charge in [-0.05, 0) is 54.4 Å². The second kappa shape index (κ2) is 10.2. The summed E-state index contributed by atoms with van der Waals surface area (Å²) in [5, 5.41) is 9.45. The van der Waals surface area contributed by atoms with Gasteiger partial charge in [0.25, 0.3) is 5.56 Å². The van der Waals surface area contributed by atoms with Gasteiger partial charge in [-0.2, -0.15) is 18.4 Å². The number of aromatic nitrogens is 2. The third kappa shape index (κ3) is 4.71. The highest BCUT2D eigenvalue weighted by molar-refractivity contribution is 8.00. The molecule has 1 fully saturated rings. The van der Waals surface area contributed by atoms with Crippen LogP contribution in [0.25, 0.3) is 11.0 Å². The quantitative estimate of drug-likeness (QED) is 0.408. The molecule has 38 heavy (non-hydrogen) atoms. The number of thioether (sulfide) groups is 1. The number of nitrogens with zero attached hydrogens (tertiary/aromatic N) is 5. The van der Waals surface area contributed by atoms with Crippen LogP contribution in [0.1, 0.15) is 44.0 Å². The van der Waals surface area contributed by atoms with Crippen LogP contribution in [0.2, 0.25) is 0 Å². The van der Waals surface area contributed by atoms with Crippen molar-refractivity contribution in [1.82, 2.24) is 14.5 Å². The summed E-state index contributed by atoms with van der Waals surface area (Å²) in [5.41, 5.74) is -1.48. The average Bonchev–Trinajstić information content (AvgIpc) is 2.90. The van der Waals surface area contributed by atoms with Gasteiger partial charge in [-0.25, -0.2) is 4.98 Å². The largest absolute Gasteiger partial charge is 0.484 e. The number of piperazine rings is 1. The van der Waals surface area contributed by atoms with Crippen LogP contribution in [-0.2, 0) is 7.05 Å². The molecule has 2 aromatic heterocycles. The van der Waals surface area contributed by atoms with Gasteiger partial charge >= 0.3 is 5.51 Å². The van der Waals surface area contributed by atoms with Gasteiger partial charge in [0.1, 0.15) is 29.6 Å². The third-order valence-corrected chi connectivity index (χ3v) is 8.23. The van der Waals surface area contributed by atoms with Gasteiger partial charge in [0.05, 0.1) is 11.6 Å². The predicted molar refractivity (Wildman–Crippen MR) is 140 cm³/mol. The van der Waals surface area contributed by atoms with E-state index in [1.165, 1.54) is 16.7 Å². The first kappa shape index (κ1) is 26.4. The molecule has 4 heterocycles. The summed E-state index contributed by atoms with van der Waals surface area (Å²) >= 11 is -0.107. The number of nitriles is 1. The number of anilines is 1.